The Bertz CT molecular complexity index is 2850. The Morgan fingerprint density at radius 2 is 0.916 bits per heavy atom. The highest BCUT2D eigenvalue weighted by molar-refractivity contribution is 7.98. The van der Waals surface area contributed by atoms with Gasteiger partial charge < -0.3 is 47.9 Å². The number of rotatable bonds is 38. The maximum atomic E-state index is 11.4. The highest BCUT2D eigenvalue weighted by atomic mass is 32.2. The third-order valence-corrected chi connectivity index (χ3v) is 19.9. The number of unbranched alkanes of at least 4 members (excludes halogenated alkanes) is 2. The number of aryl methyl sites for hydroxylation is 1. The minimum atomic E-state index is -4.12. The first-order valence-electron chi connectivity index (χ1n) is 38.3. The molecule has 0 amide bonds. The number of hydrogen-bond donors (Lipinski definition) is 0. The Hall–Kier alpha value is -4.18. The fraction of sp³-hybridized carbons (Fsp3) is 0.812. The summed E-state index contributed by atoms with van der Waals surface area (Å²) < 4.78 is 91.9. The number of Topliss-reactive ketones (excluding diaryl/α,β-unsaturated/α-hetero) is 12. The highest BCUT2D eigenvalue weighted by Crippen LogP contribution is 2.34. The molecule has 0 radical (unpaired) electrons. The molecular formula is C80H142F3NO18S5. The molecule has 2 unspecified atom stereocenters. The zero-order valence-corrected chi connectivity index (χ0v) is 73.0. The number of thioether (sulfide) groups is 1. The van der Waals surface area contributed by atoms with Gasteiger partial charge in [-0.15, -0.1) is 11.3 Å². The van der Waals surface area contributed by atoms with Crippen molar-refractivity contribution < 1.29 is 96.5 Å². The van der Waals surface area contributed by atoms with Crippen LogP contribution in [0.3, 0.4) is 0 Å². The standard InChI is InChI=1S/C8H14O2.C8H14O.C7H9NOS.2C7H12O.C7H14O.C6H9F3O.2C6H12O3S.C6H12O2S.C6H12OS.C6H10O/c1-7(9)4-5-8-3-2-6-10-8;1-7(9)5-6-8-3-2-4-8;1-5-4-10-7(8-5)3-6(2)9;1-6(8)2-3-7-4-5-7;1-6(8)5-7-3-2-4-7;1-3-4-5-6-7(2)8;1-5(10)3-2-4-6(7,8)9;1-6(7)4-3-5-10(2,8)9;1-3-4-6(7)5-10(2,8)9;1-3-4-6(7)5-9(2)8;1-6(7)4-3-5-8-2;1-5(7)4-6-2-3-6/h8H,2-6H2,1H3;8H,2-6H2,1H3;4H,3H2,1-2H3;2*7H,2-5H2,1H3;3-6H2,1-2H3;2-4H2,1H3;2*3-5H2,1-2H3;3-5H2,1-2H3;3-5H2,1-2H3;6H,2-4H2,1H3. The second-order valence-electron chi connectivity index (χ2n) is 28.8. The molecule has 1 aromatic rings. The lowest BCUT2D eigenvalue weighted by Crippen LogP contribution is -2.13. The topological polar surface area (TPSA) is 312 Å². The number of thiazole rings is 1. The Balaban J connectivity index is -0.000000260. The van der Waals surface area contributed by atoms with E-state index in [1.54, 1.807) is 84.7 Å². The van der Waals surface area contributed by atoms with Crippen molar-refractivity contribution in [3.05, 3.63) is 16.1 Å². The minimum Gasteiger partial charge on any atom is -0.378 e. The third-order valence-electron chi connectivity index (χ3n) is 15.6. The van der Waals surface area contributed by atoms with Crippen molar-refractivity contribution in [3.63, 3.8) is 0 Å². The minimum absolute atomic E-state index is 0.0273. The van der Waals surface area contributed by atoms with Crippen LogP contribution < -0.4 is 0 Å². The number of sulfone groups is 2. The largest absolute Gasteiger partial charge is 0.389 e. The summed E-state index contributed by atoms with van der Waals surface area (Å²) in [5.41, 5.74) is 1.00. The second-order valence-corrected chi connectivity index (χ2v) is 36.6. The van der Waals surface area contributed by atoms with Crippen LogP contribution in [0.15, 0.2) is 5.38 Å². The second kappa shape index (κ2) is 72.1. The SMILES string of the molecule is CC(=O)CC1CC1.CC(=O)CC1CCC1.CC(=O)CCC1CC1.CC(=O)CCC1CCC1.CC(=O)CCC1CCCO1.CC(=O)CCCC(F)(F)F.CC(=O)CCCS(C)(=O)=O.CC(=O)Cc1nc(C)cs1.CCCC(=O)CS(C)(=O)=O.CCCC(=O)CS(C)=O.CCCCCC(C)=O.CSCCCC(C)=O. The predicted octanol–water partition coefficient (Wildman–Crippen LogP) is 17.9. The number of ether oxygens (including phenoxy) is 1. The molecule has 4 saturated carbocycles. The van der Waals surface area contributed by atoms with E-state index in [4.69, 9.17) is 4.74 Å². The van der Waals surface area contributed by atoms with Crippen LogP contribution in [0, 0.1) is 30.6 Å². The van der Waals surface area contributed by atoms with E-state index in [1.807, 2.05) is 26.2 Å². The first-order chi connectivity index (χ1) is 49.6. The monoisotopic (exact) mass is 1620 g/mol. The molecule has 107 heavy (non-hydrogen) atoms. The van der Waals surface area contributed by atoms with Crippen molar-refractivity contribution in [1.29, 1.82) is 0 Å². The summed E-state index contributed by atoms with van der Waals surface area (Å²) in [6.45, 7) is 24.7. The average molecular weight is 1620 g/mol. The van der Waals surface area contributed by atoms with Gasteiger partial charge in [0, 0.05) is 124 Å². The number of carbonyl (C=O) groups excluding carboxylic acids is 12. The van der Waals surface area contributed by atoms with Gasteiger partial charge in [0.1, 0.15) is 90.0 Å². The molecular weight excluding hydrogens is 1480 g/mol. The van der Waals surface area contributed by atoms with E-state index in [9.17, 15) is 91.8 Å². The van der Waals surface area contributed by atoms with Crippen LogP contribution in [-0.2, 0) is 99.2 Å². The number of aromatic nitrogens is 1. The lowest BCUT2D eigenvalue weighted by Gasteiger charge is -2.24. The van der Waals surface area contributed by atoms with Crippen LogP contribution in [0.25, 0.3) is 0 Å². The van der Waals surface area contributed by atoms with Crippen LogP contribution in [0.5, 0.6) is 0 Å². The van der Waals surface area contributed by atoms with Gasteiger partial charge in [-0.25, -0.2) is 21.8 Å². The summed E-state index contributed by atoms with van der Waals surface area (Å²) in [7, 11) is -6.91. The Labute approximate surface area is 655 Å². The average Bonchev–Trinajstić information content (AvgIpc) is 1.31. The molecule has 0 bridgehead atoms. The fourth-order valence-corrected chi connectivity index (χ4v) is 12.5. The molecule has 1 saturated heterocycles. The first-order valence-corrected chi connectivity index (χ1v) is 46.5. The molecule has 1 aliphatic heterocycles. The van der Waals surface area contributed by atoms with Crippen LogP contribution in [-0.4, -0.2) is 162 Å². The van der Waals surface area contributed by atoms with Crippen molar-refractivity contribution in [1.82, 2.24) is 4.98 Å². The zero-order valence-electron chi connectivity index (χ0n) is 68.9. The highest BCUT2D eigenvalue weighted by Gasteiger charge is 2.26. The van der Waals surface area contributed by atoms with Crippen molar-refractivity contribution in [3.8, 4) is 0 Å². The molecule has 6 rings (SSSR count). The Morgan fingerprint density at radius 3 is 1.22 bits per heavy atom. The van der Waals surface area contributed by atoms with Gasteiger partial charge in [0.2, 0.25) is 0 Å². The van der Waals surface area contributed by atoms with Crippen molar-refractivity contribution in [2.24, 2.45) is 23.7 Å². The first kappa shape index (κ1) is 114. The van der Waals surface area contributed by atoms with E-state index in [2.05, 4.69) is 18.2 Å². The van der Waals surface area contributed by atoms with Gasteiger partial charge in [-0.05, 0) is 195 Å². The molecule has 626 valence electrons. The molecule has 0 N–H and O–H groups in total. The molecule has 2 heterocycles. The summed E-state index contributed by atoms with van der Waals surface area (Å²) in [6.07, 6.45) is 33.9. The quantitative estimate of drug-likeness (QED) is 0.0555. The molecule has 0 aromatic carbocycles. The number of nitrogens with zero attached hydrogens (tertiary/aromatic N) is 1. The van der Waals surface area contributed by atoms with Crippen molar-refractivity contribution >= 4 is 123 Å². The normalized spacial score (nSPS) is 14.8. The Morgan fingerprint density at radius 1 is 0.505 bits per heavy atom. The molecule has 2 atom stereocenters. The maximum absolute atomic E-state index is 11.4. The third kappa shape index (κ3) is 110. The predicted molar refractivity (Wildman–Crippen MR) is 432 cm³/mol. The number of halogens is 3. The molecule has 0 spiro atoms. The maximum Gasteiger partial charge on any atom is 0.389 e. The number of carbonyl (C=O) groups is 12. The summed E-state index contributed by atoms with van der Waals surface area (Å²) >= 11 is 3.34. The van der Waals surface area contributed by atoms with Gasteiger partial charge >= 0.3 is 6.18 Å². The van der Waals surface area contributed by atoms with Gasteiger partial charge in [0.25, 0.3) is 0 Å². The van der Waals surface area contributed by atoms with Gasteiger partial charge in [0.15, 0.2) is 9.84 Å². The molecule has 5 aliphatic rings. The molecule has 5 fully saturated rings. The van der Waals surface area contributed by atoms with Crippen molar-refractivity contribution in [2.75, 3.05) is 54.6 Å². The lowest BCUT2D eigenvalue weighted by molar-refractivity contribution is -0.137. The lowest BCUT2D eigenvalue weighted by atomic mass is 9.82. The van der Waals surface area contributed by atoms with Crippen LogP contribution in [0.4, 0.5) is 13.2 Å². The molecule has 1 aromatic heterocycles. The van der Waals surface area contributed by atoms with Gasteiger partial charge in [-0.3, -0.25) is 18.6 Å². The van der Waals surface area contributed by atoms with Crippen molar-refractivity contribution in [2.45, 2.75) is 340 Å². The summed E-state index contributed by atoms with van der Waals surface area (Å²) in [4.78, 5) is 129. The zero-order chi connectivity index (χ0) is 83.6. The van der Waals surface area contributed by atoms with E-state index in [1.165, 1.54) is 104 Å². The Kier molecular flexibility index (Phi) is 76.6. The summed E-state index contributed by atoms with van der Waals surface area (Å²) in [6, 6.07) is 0. The van der Waals surface area contributed by atoms with E-state index in [0.29, 0.717) is 85.7 Å². The molecule has 19 nitrogen and oxygen atoms in total. The van der Waals surface area contributed by atoms with E-state index in [-0.39, 0.29) is 64.8 Å². The van der Waals surface area contributed by atoms with Gasteiger partial charge in [-0.1, -0.05) is 85.0 Å². The van der Waals surface area contributed by atoms with E-state index >= 15 is 0 Å². The number of alkyl halides is 3. The summed E-state index contributed by atoms with van der Waals surface area (Å²) in [5, 5.41) is 2.88. The molecule has 4 aliphatic carbocycles. The number of hydrogen-bond acceptors (Lipinski definition) is 21. The van der Waals surface area contributed by atoms with Crippen LogP contribution in [0.2, 0.25) is 0 Å². The van der Waals surface area contributed by atoms with Gasteiger partial charge in [-0.2, -0.15) is 24.9 Å². The fourth-order valence-electron chi connectivity index (χ4n) is 9.20. The molecule has 27 heteroatoms. The van der Waals surface area contributed by atoms with Crippen LogP contribution in [0.1, 0.15) is 325 Å². The van der Waals surface area contributed by atoms with Crippen LogP contribution >= 0.6 is 23.1 Å². The van der Waals surface area contributed by atoms with E-state index in [0.717, 1.165) is 136 Å². The smallest absolute Gasteiger partial charge is 0.378 e. The van der Waals surface area contributed by atoms with E-state index < -0.39 is 43.1 Å². The van der Waals surface area contributed by atoms with Gasteiger partial charge in [0.05, 0.1) is 24.0 Å². The summed E-state index contributed by atoms with van der Waals surface area (Å²) in [5.74, 6) is 6.74. The number of ketones is 12.